The first-order chi connectivity index (χ1) is 8.33. The Morgan fingerprint density at radius 1 is 1.53 bits per heavy atom. The lowest BCUT2D eigenvalue weighted by Gasteiger charge is -2.15. The van der Waals surface area contributed by atoms with Crippen molar-refractivity contribution in [2.24, 2.45) is 5.84 Å². The lowest BCUT2D eigenvalue weighted by atomic mass is 10.0. The number of rotatable bonds is 6. The van der Waals surface area contributed by atoms with Crippen LogP contribution in [0, 0.1) is 0 Å². The van der Waals surface area contributed by atoms with Crippen molar-refractivity contribution in [1.82, 2.24) is 5.43 Å². The zero-order valence-electron chi connectivity index (χ0n) is 10.4. The third kappa shape index (κ3) is 3.31. The van der Waals surface area contributed by atoms with Gasteiger partial charge in [0, 0.05) is 13.0 Å². The molecule has 4 heteroatoms. The van der Waals surface area contributed by atoms with Crippen LogP contribution in [0.2, 0.25) is 0 Å². The summed E-state index contributed by atoms with van der Waals surface area (Å²) >= 11 is 0. The van der Waals surface area contributed by atoms with Gasteiger partial charge in [-0.15, -0.1) is 0 Å². The summed E-state index contributed by atoms with van der Waals surface area (Å²) in [7, 11) is 0. The molecular formula is C13H22N2O2. The summed E-state index contributed by atoms with van der Waals surface area (Å²) in [4.78, 5) is 0. The van der Waals surface area contributed by atoms with Gasteiger partial charge in [0.25, 0.3) is 0 Å². The number of nitrogens with two attached hydrogens (primary N) is 1. The Morgan fingerprint density at radius 2 is 2.41 bits per heavy atom. The fourth-order valence-electron chi connectivity index (χ4n) is 2.30. The fraction of sp³-hybridized carbons (Fsp3) is 0.692. The molecule has 2 unspecified atom stereocenters. The Kier molecular flexibility index (Phi) is 4.59. The highest BCUT2D eigenvalue weighted by Gasteiger charge is 2.19. The molecule has 0 aromatic carbocycles. The number of hydrazine groups is 1. The SMILES string of the molecule is CCc1ccc(C(CCC2CCCO2)NN)o1. The van der Waals surface area contributed by atoms with E-state index in [1.807, 2.05) is 12.1 Å². The van der Waals surface area contributed by atoms with Crippen molar-refractivity contribution in [2.45, 2.75) is 51.2 Å². The third-order valence-electron chi connectivity index (χ3n) is 3.38. The Hall–Kier alpha value is -0.840. The highest BCUT2D eigenvalue weighted by atomic mass is 16.5. The molecule has 2 heterocycles. The predicted octanol–water partition coefficient (Wildman–Crippen LogP) is 2.31. The molecule has 2 rings (SSSR count). The van der Waals surface area contributed by atoms with Crippen molar-refractivity contribution in [3.63, 3.8) is 0 Å². The molecule has 1 saturated heterocycles. The first-order valence-corrected chi connectivity index (χ1v) is 6.49. The largest absolute Gasteiger partial charge is 0.464 e. The van der Waals surface area contributed by atoms with Gasteiger partial charge in [0.15, 0.2) is 0 Å². The van der Waals surface area contributed by atoms with E-state index in [0.29, 0.717) is 6.10 Å². The molecule has 0 spiro atoms. The number of ether oxygens (including phenoxy) is 1. The summed E-state index contributed by atoms with van der Waals surface area (Å²) in [5.74, 6) is 7.53. The summed E-state index contributed by atoms with van der Waals surface area (Å²) in [5.41, 5.74) is 2.83. The fourth-order valence-corrected chi connectivity index (χ4v) is 2.30. The Morgan fingerprint density at radius 3 is 3.00 bits per heavy atom. The van der Waals surface area contributed by atoms with Crippen LogP contribution in [0.3, 0.4) is 0 Å². The number of nitrogens with one attached hydrogen (secondary N) is 1. The van der Waals surface area contributed by atoms with Gasteiger partial charge in [-0.1, -0.05) is 6.92 Å². The molecule has 1 fully saturated rings. The molecule has 0 saturated carbocycles. The van der Waals surface area contributed by atoms with Crippen LogP contribution >= 0.6 is 0 Å². The van der Waals surface area contributed by atoms with E-state index < -0.39 is 0 Å². The normalized spacial score (nSPS) is 21.9. The van der Waals surface area contributed by atoms with E-state index in [-0.39, 0.29) is 6.04 Å². The molecule has 0 bridgehead atoms. The van der Waals surface area contributed by atoms with Gasteiger partial charge in [0.2, 0.25) is 0 Å². The van der Waals surface area contributed by atoms with E-state index in [0.717, 1.165) is 37.4 Å². The molecule has 0 amide bonds. The maximum absolute atomic E-state index is 5.72. The summed E-state index contributed by atoms with van der Waals surface area (Å²) in [5, 5.41) is 0. The maximum Gasteiger partial charge on any atom is 0.122 e. The second-order valence-corrected chi connectivity index (χ2v) is 4.59. The second-order valence-electron chi connectivity index (χ2n) is 4.59. The van der Waals surface area contributed by atoms with Gasteiger partial charge in [-0.3, -0.25) is 5.84 Å². The van der Waals surface area contributed by atoms with Crippen LogP contribution in [-0.2, 0) is 11.2 Å². The minimum atomic E-state index is 0.0968. The summed E-state index contributed by atoms with van der Waals surface area (Å²) < 4.78 is 11.3. The van der Waals surface area contributed by atoms with Crippen LogP contribution in [0.1, 0.15) is 50.2 Å². The van der Waals surface area contributed by atoms with Gasteiger partial charge in [-0.05, 0) is 37.8 Å². The lowest BCUT2D eigenvalue weighted by molar-refractivity contribution is 0.0988. The molecule has 1 aliphatic rings. The van der Waals surface area contributed by atoms with Crippen molar-refractivity contribution in [3.05, 3.63) is 23.7 Å². The van der Waals surface area contributed by atoms with Crippen LogP contribution in [0.25, 0.3) is 0 Å². The molecule has 3 N–H and O–H groups in total. The number of furan rings is 1. The quantitative estimate of drug-likeness (QED) is 0.589. The highest BCUT2D eigenvalue weighted by molar-refractivity contribution is 5.10. The lowest BCUT2D eigenvalue weighted by Crippen LogP contribution is -2.28. The van der Waals surface area contributed by atoms with Gasteiger partial charge in [-0.25, -0.2) is 5.43 Å². The average Bonchev–Trinajstić information content (AvgIpc) is 3.00. The van der Waals surface area contributed by atoms with Gasteiger partial charge >= 0.3 is 0 Å². The Bertz CT molecular complexity index is 332. The molecule has 1 aliphatic heterocycles. The van der Waals surface area contributed by atoms with Gasteiger partial charge in [-0.2, -0.15) is 0 Å². The van der Waals surface area contributed by atoms with Crippen LogP contribution in [0.4, 0.5) is 0 Å². The molecule has 17 heavy (non-hydrogen) atoms. The monoisotopic (exact) mass is 238 g/mol. The maximum atomic E-state index is 5.72. The number of hydrogen-bond acceptors (Lipinski definition) is 4. The molecule has 2 atom stereocenters. The predicted molar refractivity (Wildman–Crippen MR) is 66.4 cm³/mol. The van der Waals surface area contributed by atoms with Gasteiger partial charge < -0.3 is 9.15 Å². The average molecular weight is 238 g/mol. The highest BCUT2D eigenvalue weighted by Crippen LogP contribution is 2.24. The van der Waals surface area contributed by atoms with Crippen LogP contribution in [0.15, 0.2) is 16.5 Å². The zero-order chi connectivity index (χ0) is 12.1. The number of aryl methyl sites for hydroxylation is 1. The molecule has 0 aliphatic carbocycles. The summed E-state index contributed by atoms with van der Waals surface area (Å²) in [6, 6.07) is 4.13. The van der Waals surface area contributed by atoms with E-state index in [2.05, 4.69) is 12.3 Å². The minimum absolute atomic E-state index is 0.0968. The van der Waals surface area contributed by atoms with E-state index in [1.165, 1.54) is 12.8 Å². The van der Waals surface area contributed by atoms with Crippen molar-refractivity contribution in [2.75, 3.05) is 6.61 Å². The van der Waals surface area contributed by atoms with Crippen LogP contribution in [-0.4, -0.2) is 12.7 Å². The van der Waals surface area contributed by atoms with E-state index in [4.69, 9.17) is 15.0 Å². The van der Waals surface area contributed by atoms with Crippen LogP contribution < -0.4 is 11.3 Å². The molecule has 96 valence electrons. The van der Waals surface area contributed by atoms with Crippen LogP contribution in [0.5, 0.6) is 0 Å². The molecular weight excluding hydrogens is 216 g/mol. The standard InChI is InChI=1S/C13H22N2O2/c1-2-10-6-8-13(17-10)12(15-14)7-5-11-4-3-9-16-11/h6,8,11-12,15H,2-5,7,9,14H2,1H3. The number of hydrogen-bond donors (Lipinski definition) is 2. The van der Waals surface area contributed by atoms with E-state index >= 15 is 0 Å². The van der Waals surface area contributed by atoms with Crippen molar-refractivity contribution in [1.29, 1.82) is 0 Å². The topological polar surface area (TPSA) is 60.4 Å². The van der Waals surface area contributed by atoms with Crippen molar-refractivity contribution in [3.8, 4) is 0 Å². The third-order valence-corrected chi connectivity index (χ3v) is 3.38. The first kappa shape index (κ1) is 12.6. The molecule has 1 aromatic heterocycles. The molecule has 4 nitrogen and oxygen atoms in total. The zero-order valence-corrected chi connectivity index (χ0v) is 10.4. The minimum Gasteiger partial charge on any atom is -0.464 e. The smallest absolute Gasteiger partial charge is 0.122 e. The Balaban J connectivity index is 1.86. The second kappa shape index (κ2) is 6.19. The first-order valence-electron chi connectivity index (χ1n) is 6.49. The summed E-state index contributed by atoms with van der Waals surface area (Å²) in [6.07, 6.45) is 5.69. The van der Waals surface area contributed by atoms with E-state index in [1.54, 1.807) is 0 Å². The van der Waals surface area contributed by atoms with E-state index in [9.17, 15) is 0 Å². The van der Waals surface area contributed by atoms with Crippen molar-refractivity contribution >= 4 is 0 Å². The summed E-state index contributed by atoms with van der Waals surface area (Å²) in [6.45, 7) is 2.99. The Labute approximate surface area is 102 Å². The molecule has 0 radical (unpaired) electrons. The molecule has 1 aromatic rings. The van der Waals surface area contributed by atoms with Gasteiger partial charge in [0.1, 0.15) is 11.5 Å². The van der Waals surface area contributed by atoms with Gasteiger partial charge in [0.05, 0.1) is 12.1 Å². The van der Waals surface area contributed by atoms with Crippen molar-refractivity contribution < 1.29 is 9.15 Å².